The second-order valence-electron chi connectivity index (χ2n) is 6.22. The van der Waals surface area contributed by atoms with Gasteiger partial charge in [-0.1, -0.05) is 0 Å². The van der Waals surface area contributed by atoms with Crippen LogP contribution in [-0.2, 0) is 4.74 Å². The molecular weight excluding hydrogens is 216 g/mol. The second-order valence-corrected chi connectivity index (χ2v) is 6.22. The third-order valence-electron chi connectivity index (χ3n) is 3.25. The summed E-state index contributed by atoms with van der Waals surface area (Å²) in [5.41, 5.74) is -0.398. The molecule has 1 aliphatic heterocycles. The van der Waals surface area contributed by atoms with Crippen molar-refractivity contribution in [3.8, 4) is 0 Å². The Kier molecular flexibility index (Phi) is 3.61. The molecule has 0 spiro atoms. The quantitative estimate of drug-likeness (QED) is 0.820. The predicted octanol–water partition coefficient (Wildman–Crippen LogP) is 2.00. The fraction of sp³-hybridized carbons (Fsp3) is 0.923. The Morgan fingerprint density at radius 1 is 1.35 bits per heavy atom. The molecule has 0 aromatic carbocycles. The molecule has 4 nitrogen and oxygen atoms in total. The van der Waals surface area contributed by atoms with Gasteiger partial charge in [-0.2, -0.15) is 0 Å². The van der Waals surface area contributed by atoms with Gasteiger partial charge in [0, 0.05) is 19.1 Å². The molecule has 0 aromatic heterocycles. The third kappa shape index (κ3) is 3.87. The van der Waals surface area contributed by atoms with Crippen LogP contribution >= 0.6 is 0 Å². The van der Waals surface area contributed by atoms with Gasteiger partial charge in [-0.05, 0) is 52.5 Å². The summed E-state index contributed by atoms with van der Waals surface area (Å²) in [5, 5.41) is 3.31. The van der Waals surface area contributed by atoms with Gasteiger partial charge in [0.25, 0.3) is 0 Å². The van der Waals surface area contributed by atoms with E-state index in [1.54, 1.807) is 0 Å². The number of carbonyl (C=O) groups excluding carboxylic acids is 1. The van der Waals surface area contributed by atoms with Gasteiger partial charge in [-0.25, -0.2) is 4.79 Å². The molecule has 1 saturated heterocycles. The van der Waals surface area contributed by atoms with Crippen molar-refractivity contribution in [2.75, 3.05) is 19.6 Å². The van der Waals surface area contributed by atoms with Gasteiger partial charge in [0.05, 0.1) is 0 Å². The van der Waals surface area contributed by atoms with Crippen LogP contribution in [0.4, 0.5) is 4.79 Å². The lowest BCUT2D eigenvalue weighted by Crippen LogP contribution is -2.45. The Bertz CT molecular complexity index is 276. The first-order chi connectivity index (χ1) is 7.96. The summed E-state index contributed by atoms with van der Waals surface area (Å²) in [7, 11) is 0. The molecule has 1 unspecified atom stereocenters. The van der Waals surface area contributed by atoms with E-state index in [-0.39, 0.29) is 6.09 Å². The minimum atomic E-state index is -0.398. The SMILES string of the molecule is CC(C)(C)OC(=O)N(CC1CC1)C1CCNC1. The summed E-state index contributed by atoms with van der Waals surface area (Å²) >= 11 is 0. The molecule has 1 saturated carbocycles. The van der Waals surface area contributed by atoms with Crippen LogP contribution in [-0.4, -0.2) is 42.3 Å². The molecule has 4 heteroatoms. The van der Waals surface area contributed by atoms with Crippen LogP contribution in [0.25, 0.3) is 0 Å². The third-order valence-corrected chi connectivity index (χ3v) is 3.25. The Morgan fingerprint density at radius 2 is 2.06 bits per heavy atom. The van der Waals surface area contributed by atoms with E-state index >= 15 is 0 Å². The largest absolute Gasteiger partial charge is 0.444 e. The lowest BCUT2D eigenvalue weighted by atomic mass is 10.2. The number of hydrogen-bond donors (Lipinski definition) is 1. The molecule has 0 radical (unpaired) electrons. The number of hydrogen-bond acceptors (Lipinski definition) is 3. The fourth-order valence-electron chi connectivity index (χ4n) is 2.18. The molecule has 1 amide bonds. The summed E-state index contributed by atoms with van der Waals surface area (Å²) in [6.07, 6.45) is 3.43. The van der Waals surface area contributed by atoms with Crippen LogP contribution in [0.3, 0.4) is 0 Å². The Hall–Kier alpha value is -0.770. The first kappa shape index (κ1) is 12.7. The number of nitrogens with one attached hydrogen (secondary N) is 1. The molecule has 98 valence electrons. The summed E-state index contributed by atoms with van der Waals surface area (Å²) in [4.78, 5) is 14.1. The average Bonchev–Trinajstić information content (AvgIpc) is 2.85. The van der Waals surface area contributed by atoms with Gasteiger partial charge in [-0.15, -0.1) is 0 Å². The van der Waals surface area contributed by atoms with Crippen molar-refractivity contribution in [3.63, 3.8) is 0 Å². The van der Waals surface area contributed by atoms with Crippen molar-refractivity contribution >= 4 is 6.09 Å². The smallest absolute Gasteiger partial charge is 0.410 e. The highest BCUT2D eigenvalue weighted by Gasteiger charge is 2.34. The fourth-order valence-corrected chi connectivity index (χ4v) is 2.18. The van der Waals surface area contributed by atoms with Crippen molar-refractivity contribution in [2.45, 2.75) is 51.7 Å². The Labute approximate surface area is 104 Å². The minimum absolute atomic E-state index is 0.141. The van der Waals surface area contributed by atoms with Gasteiger partial charge in [0.1, 0.15) is 5.60 Å². The van der Waals surface area contributed by atoms with E-state index in [4.69, 9.17) is 4.74 Å². The standard InChI is InChI=1S/C13H24N2O2/c1-13(2,3)17-12(16)15(9-10-4-5-10)11-6-7-14-8-11/h10-11,14H,4-9H2,1-3H3. The number of nitrogens with zero attached hydrogens (tertiary/aromatic N) is 1. The van der Waals surface area contributed by atoms with E-state index in [2.05, 4.69) is 5.32 Å². The molecular formula is C13H24N2O2. The molecule has 0 bridgehead atoms. The maximum absolute atomic E-state index is 12.2. The zero-order chi connectivity index (χ0) is 12.5. The molecule has 2 rings (SSSR count). The van der Waals surface area contributed by atoms with Gasteiger partial charge in [0.15, 0.2) is 0 Å². The zero-order valence-corrected chi connectivity index (χ0v) is 11.2. The number of carbonyl (C=O) groups is 1. The minimum Gasteiger partial charge on any atom is -0.444 e. The van der Waals surface area contributed by atoms with Crippen LogP contribution in [0.1, 0.15) is 40.0 Å². The van der Waals surface area contributed by atoms with Crippen LogP contribution < -0.4 is 5.32 Å². The maximum Gasteiger partial charge on any atom is 0.410 e. The molecule has 0 aromatic rings. The van der Waals surface area contributed by atoms with Gasteiger partial charge in [-0.3, -0.25) is 0 Å². The highest BCUT2D eigenvalue weighted by atomic mass is 16.6. The molecule has 1 N–H and O–H groups in total. The normalized spacial score (nSPS) is 24.8. The molecule has 1 aliphatic carbocycles. The van der Waals surface area contributed by atoms with Crippen molar-refractivity contribution in [1.82, 2.24) is 10.2 Å². The van der Waals surface area contributed by atoms with Crippen molar-refractivity contribution in [1.29, 1.82) is 0 Å². The average molecular weight is 240 g/mol. The lowest BCUT2D eigenvalue weighted by molar-refractivity contribution is 0.0166. The van der Waals surface area contributed by atoms with Gasteiger partial charge < -0.3 is 15.0 Å². The van der Waals surface area contributed by atoms with Gasteiger partial charge >= 0.3 is 6.09 Å². The number of rotatable bonds is 3. The second kappa shape index (κ2) is 4.84. The summed E-state index contributed by atoms with van der Waals surface area (Å²) in [5.74, 6) is 0.711. The van der Waals surface area contributed by atoms with Crippen LogP contribution in [0.2, 0.25) is 0 Å². The highest BCUT2D eigenvalue weighted by molar-refractivity contribution is 5.68. The van der Waals surface area contributed by atoms with Crippen molar-refractivity contribution < 1.29 is 9.53 Å². The molecule has 17 heavy (non-hydrogen) atoms. The van der Waals surface area contributed by atoms with E-state index < -0.39 is 5.60 Å². The first-order valence-electron chi connectivity index (χ1n) is 6.66. The predicted molar refractivity (Wildman–Crippen MR) is 66.9 cm³/mol. The van der Waals surface area contributed by atoms with E-state index in [0.717, 1.165) is 26.1 Å². The number of ether oxygens (including phenoxy) is 1. The van der Waals surface area contributed by atoms with Crippen molar-refractivity contribution in [3.05, 3.63) is 0 Å². The molecule has 1 heterocycles. The summed E-state index contributed by atoms with van der Waals surface area (Å²) in [6.45, 7) is 8.56. The Morgan fingerprint density at radius 3 is 2.53 bits per heavy atom. The van der Waals surface area contributed by atoms with E-state index in [9.17, 15) is 4.79 Å². The van der Waals surface area contributed by atoms with E-state index in [1.165, 1.54) is 12.8 Å². The zero-order valence-electron chi connectivity index (χ0n) is 11.2. The summed E-state index contributed by atoms with van der Waals surface area (Å²) < 4.78 is 5.50. The monoisotopic (exact) mass is 240 g/mol. The molecule has 1 atom stereocenters. The summed E-state index contributed by atoms with van der Waals surface area (Å²) in [6, 6.07) is 0.324. The van der Waals surface area contributed by atoms with Crippen LogP contribution in [0, 0.1) is 5.92 Å². The maximum atomic E-state index is 12.2. The van der Waals surface area contributed by atoms with E-state index in [0.29, 0.717) is 12.0 Å². The Balaban J connectivity index is 1.95. The van der Waals surface area contributed by atoms with Crippen LogP contribution in [0.5, 0.6) is 0 Å². The van der Waals surface area contributed by atoms with Crippen LogP contribution in [0.15, 0.2) is 0 Å². The van der Waals surface area contributed by atoms with Gasteiger partial charge in [0.2, 0.25) is 0 Å². The molecule has 2 aliphatic rings. The molecule has 2 fully saturated rings. The highest BCUT2D eigenvalue weighted by Crippen LogP contribution is 2.31. The first-order valence-corrected chi connectivity index (χ1v) is 6.66. The van der Waals surface area contributed by atoms with E-state index in [1.807, 2.05) is 25.7 Å². The topological polar surface area (TPSA) is 41.6 Å². The van der Waals surface area contributed by atoms with Crippen molar-refractivity contribution in [2.24, 2.45) is 5.92 Å². The number of amides is 1. The lowest BCUT2D eigenvalue weighted by Gasteiger charge is -2.31.